The number of halogens is 3. The first-order valence-corrected chi connectivity index (χ1v) is 5.91. The number of alkyl halides is 3. The van der Waals surface area contributed by atoms with Crippen molar-refractivity contribution < 1.29 is 23.1 Å². The summed E-state index contributed by atoms with van der Waals surface area (Å²) in [5.74, 6) is -0.480. The quantitative estimate of drug-likeness (QED) is 0.892. The Hall–Kier alpha value is -1.50. The fourth-order valence-electron chi connectivity index (χ4n) is 2.22. The van der Waals surface area contributed by atoms with Crippen LogP contribution in [0.25, 0.3) is 0 Å². The van der Waals surface area contributed by atoms with Crippen LogP contribution < -0.4 is 0 Å². The lowest BCUT2D eigenvalue weighted by Gasteiger charge is -2.20. The Morgan fingerprint density at radius 3 is 2.74 bits per heavy atom. The van der Waals surface area contributed by atoms with Gasteiger partial charge in [0.25, 0.3) is 5.91 Å². The van der Waals surface area contributed by atoms with E-state index in [0.717, 1.165) is 4.57 Å². The van der Waals surface area contributed by atoms with E-state index in [9.17, 15) is 23.1 Å². The van der Waals surface area contributed by atoms with Crippen molar-refractivity contribution in [1.82, 2.24) is 9.47 Å². The van der Waals surface area contributed by atoms with Gasteiger partial charge in [-0.15, -0.1) is 0 Å². The highest BCUT2D eigenvalue weighted by molar-refractivity contribution is 5.93. The molecule has 1 aliphatic rings. The van der Waals surface area contributed by atoms with Gasteiger partial charge < -0.3 is 14.6 Å². The van der Waals surface area contributed by atoms with E-state index in [0.29, 0.717) is 13.0 Å². The monoisotopic (exact) mass is 276 g/mol. The molecule has 0 spiro atoms. The number of hydrogen-bond acceptors (Lipinski definition) is 2. The van der Waals surface area contributed by atoms with Gasteiger partial charge in [-0.25, -0.2) is 0 Å². The molecule has 1 unspecified atom stereocenters. The van der Waals surface area contributed by atoms with Gasteiger partial charge in [0.15, 0.2) is 0 Å². The molecule has 0 radical (unpaired) electrons. The minimum atomic E-state index is -4.37. The van der Waals surface area contributed by atoms with Gasteiger partial charge in [0, 0.05) is 19.3 Å². The van der Waals surface area contributed by atoms with Crippen molar-refractivity contribution in [3.8, 4) is 0 Å². The highest BCUT2D eigenvalue weighted by Crippen LogP contribution is 2.24. The van der Waals surface area contributed by atoms with Crippen molar-refractivity contribution in [3.05, 3.63) is 24.0 Å². The molecular formula is C12H15F3N2O2. The summed E-state index contributed by atoms with van der Waals surface area (Å²) in [6.07, 6.45) is -2.71. The van der Waals surface area contributed by atoms with E-state index < -0.39 is 24.2 Å². The highest BCUT2D eigenvalue weighted by atomic mass is 19.4. The van der Waals surface area contributed by atoms with Crippen LogP contribution in [-0.4, -0.2) is 45.3 Å². The summed E-state index contributed by atoms with van der Waals surface area (Å²) < 4.78 is 38.0. The zero-order chi connectivity index (χ0) is 14.3. The Balaban J connectivity index is 2.15. The molecular weight excluding hydrogens is 261 g/mol. The van der Waals surface area contributed by atoms with E-state index in [1.54, 1.807) is 6.92 Å². The zero-order valence-electron chi connectivity index (χ0n) is 10.4. The van der Waals surface area contributed by atoms with Crippen LogP contribution in [0.3, 0.4) is 0 Å². The Morgan fingerprint density at radius 2 is 2.21 bits per heavy atom. The largest absolute Gasteiger partial charge is 0.406 e. The molecule has 1 fully saturated rings. The second-order valence-electron chi connectivity index (χ2n) is 5.11. The van der Waals surface area contributed by atoms with Crippen LogP contribution in [0, 0.1) is 0 Å². The summed E-state index contributed by atoms with van der Waals surface area (Å²) in [6, 6.07) is 2.77. The lowest BCUT2D eigenvalue weighted by molar-refractivity contribution is -0.140. The highest BCUT2D eigenvalue weighted by Gasteiger charge is 2.36. The lowest BCUT2D eigenvalue weighted by Crippen LogP contribution is -2.35. The third-order valence-electron chi connectivity index (χ3n) is 3.14. The molecule has 2 heterocycles. The molecule has 1 aromatic rings. The smallest absolute Gasteiger partial charge is 0.388 e. The molecule has 1 aromatic heterocycles. The van der Waals surface area contributed by atoms with Gasteiger partial charge in [0.2, 0.25) is 0 Å². The molecule has 1 atom stereocenters. The molecule has 106 valence electrons. The third kappa shape index (κ3) is 3.28. The number of β-amino-alcohol motifs (C(OH)–C–C–N with tert-alkyl or cyclic N) is 1. The number of aromatic nitrogens is 1. The predicted octanol–water partition coefficient (Wildman–Crippen LogP) is 1.65. The van der Waals surface area contributed by atoms with Crippen LogP contribution in [0.2, 0.25) is 0 Å². The van der Waals surface area contributed by atoms with E-state index in [1.165, 1.54) is 23.2 Å². The average molecular weight is 276 g/mol. The summed E-state index contributed by atoms with van der Waals surface area (Å²) in [5, 5.41) is 9.79. The zero-order valence-corrected chi connectivity index (χ0v) is 10.4. The minimum Gasteiger partial charge on any atom is -0.388 e. The number of carbonyl (C=O) groups is 1. The average Bonchev–Trinajstić information content (AvgIpc) is 2.81. The summed E-state index contributed by atoms with van der Waals surface area (Å²) >= 11 is 0. The molecule has 1 N–H and O–H groups in total. The lowest BCUT2D eigenvalue weighted by atomic mass is 10.1. The van der Waals surface area contributed by atoms with Crippen LogP contribution >= 0.6 is 0 Å². The van der Waals surface area contributed by atoms with Crippen LogP contribution in [0.1, 0.15) is 23.8 Å². The van der Waals surface area contributed by atoms with Gasteiger partial charge in [-0.05, 0) is 25.5 Å². The third-order valence-corrected chi connectivity index (χ3v) is 3.14. The molecule has 7 heteroatoms. The molecule has 1 amide bonds. The number of hydrogen-bond donors (Lipinski definition) is 1. The van der Waals surface area contributed by atoms with Gasteiger partial charge >= 0.3 is 6.18 Å². The van der Waals surface area contributed by atoms with Crippen molar-refractivity contribution in [2.75, 3.05) is 13.1 Å². The van der Waals surface area contributed by atoms with Crippen LogP contribution in [0.15, 0.2) is 18.3 Å². The summed E-state index contributed by atoms with van der Waals surface area (Å²) in [5.41, 5.74) is -0.966. The standard InChI is InChI=1S/C12H15F3N2O2/c1-11(19)4-6-17(7-11)10(18)9-3-2-5-16(9)8-12(13,14)15/h2-3,5,19H,4,6-8H2,1H3. The summed E-state index contributed by atoms with van der Waals surface area (Å²) in [7, 11) is 0. The molecule has 19 heavy (non-hydrogen) atoms. The number of rotatable bonds is 2. The number of likely N-dealkylation sites (tertiary alicyclic amines) is 1. The Labute approximate surface area is 108 Å². The predicted molar refractivity (Wildman–Crippen MR) is 61.6 cm³/mol. The molecule has 4 nitrogen and oxygen atoms in total. The first-order chi connectivity index (χ1) is 8.68. The molecule has 1 aliphatic heterocycles. The second kappa shape index (κ2) is 4.56. The molecule has 2 rings (SSSR count). The number of aliphatic hydroxyl groups is 1. The van der Waals surface area contributed by atoms with Crippen LogP contribution in [0.5, 0.6) is 0 Å². The molecule has 0 aromatic carbocycles. The number of amides is 1. The first-order valence-electron chi connectivity index (χ1n) is 5.91. The summed E-state index contributed by atoms with van der Waals surface area (Å²) in [4.78, 5) is 13.5. The Morgan fingerprint density at radius 1 is 1.53 bits per heavy atom. The van der Waals surface area contributed by atoms with Crippen molar-refractivity contribution in [2.24, 2.45) is 0 Å². The maximum absolute atomic E-state index is 12.4. The molecule has 1 saturated heterocycles. The SMILES string of the molecule is CC1(O)CCN(C(=O)c2cccn2CC(F)(F)F)C1. The van der Waals surface area contributed by atoms with Crippen LogP contribution in [-0.2, 0) is 6.54 Å². The van der Waals surface area contributed by atoms with Gasteiger partial charge in [-0.2, -0.15) is 13.2 Å². The van der Waals surface area contributed by atoms with Crippen molar-refractivity contribution in [1.29, 1.82) is 0 Å². The molecule has 0 aliphatic carbocycles. The van der Waals surface area contributed by atoms with Crippen LogP contribution in [0.4, 0.5) is 13.2 Å². The van der Waals surface area contributed by atoms with E-state index in [1.807, 2.05) is 0 Å². The Kier molecular flexibility index (Phi) is 3.34. The van der Waals surface area contributed by atoms with Gasteiger partial charge in [-0.3, -0.25) is 4.79 Å². The van der Waals surface area contributed by atoms with E-state index >= 15 is 0 Å². The van der Waals surface area contributed by atoms with Gasteiger partial charge in [0.1, 0.15) is 12.2 Å². The van der Waals surface area contributed by atoms with E-state index in [-0.39, 0.29) is 12.2 Å². The topological polar surface area (TPSA) is 45.5 Å². The van der Waals surface area contributed by atoms with E-state index in [2.05, 4.69) is 0 Å². The van der Waals surface area contributed by atoms with Crippen molar-refractivity contribution in [3.63, 3.8) is 0 Å². The van der Waals surface area contributed by atoms with E-state index in [4.69, 9.17) is 0 Å². The Bertz CT molecular complexity index is 480. The maximum Gasteiger partial charge on any atom is 0.406 e. The molecule has 0 bridgehead atoms. The maximum atomic E-state index is 12.4. The first kappa shape index (κ1) is 13.9. The summed E-state index contributed by atoms with van der Waals surface area (Å²) in [6.45, 7) is 0.909. The van der Waals surface area contributed by atoms with Gasteiger partial charge in [0.05, 0.1) is 5.60 Å². The number of carbonyl (C=O) groups excluding carboxylic acids is 1. The minimum absolute atomic E-state index is 0.00461. The second-order valence-corrected chi connectivity index (χ2v) is 5.11. The fraction of sp³-hybridized carbons (Fsp3) is 0.583. The van der Waals surface area contributed by atoms with Gasteiger partial charge in [-0.1, -0.05) is 0 Å². The fourth-order valence-corrected chi connectivity index (χ4v) is 2.22. The van der Waals surface area contributed by atoms with Crippen molar-refractivity contribution in [2.45, 2.75) is 31.7 Å². The molecule has 0 saturated carbocycles. The number of nitrogens with zero attached hydrogens (tertiary/aromatic N) is 2. The van der Waals surface area contributed by atoms with Crippen molar-refractivity contribution >= 4 is 5.91 Å². The normalized spacial score (nSPS) is 23.9.